The van der Waals surface area contributed by atoms with E-state index in [0.717, 1.165) is 6.42 Å². The molecule has 23 heavy (non-hydrogen) atoms. The summed E-state index contributed by atoms with van der Waals surface area (Å²) in [6, 6.07) is 9.32. The highest BCUT2D eigenvalue weighted by molar-refractivity contribution is 5.95. The van der Waals surface area contributed by atoms with Crippen molar-refractivity contribution in [2.75, 3.05) is 26.3 Å². The highest BCUT2D eigenvalue weighted by Crippen LogP contribution is 2.31. The zero-order valence-corrected chi connectivity index (χ0v) is 13.2. The largest absolute Gasteiger partial charge is 0.486 e. The summed E-state index contributed by atoms with van der Waals surface area (Å²) in [6.07, 6.45) is 4.36. The summed E-state index contributed by atoms with van der Waals surface area (Å²) < 4.78 is 11.0. The fraction of sp³-hybridized carbons (Fsp3) is 0.333. The highest BCUT2D eigenvalue weighted by Gasteiger charge is 2.18. The van der Waals surface area contributed by atoms with Crippen LogP contribution in [0.2, 0.25) is 0 Å². The van der Waals surface area contributed by atoms with Crippen molar-refractivity contribution in [2.45, 2.75) is 13.3 Å². The number of carbonyl (C=O) groups excluding carboxylic acids is 1. The van der Waals surface area contributed by atoms with E-state index >= 15 is 0 Å². The van der Waals surface area contributed by atoms with Crippen molar-refractivity contribution in [1.29, 1.82) is 0 Å². The molecule has 0 spiro atoms. The Morgan fingerprint density at radius 3 is 2.61 bits per heavy atom. The van der Waals surface area contributed by atoms with Crippen LogP contribution in [-0.2, 0) is 6.42 Å². The minimum absolute atomic E-state index is 0.0125. The second kappa shape index (κ2) is 7.13. The molecule has 0 saturated heterocycles. The average molecular weight is 312 g/mol. The molecule has 0 fully saturated rings. The molecule has 0 N–H and O–H groups in total. The Bertz CT molecular complexity index is 673. The normalized spacial score (nSPS) is 12.7. The van der Waals surface area contributed by atoms with Crippen LogP contribution >= 0.6 is 0 Å². The first-order valence-corrected chi connectivity index (χ1v) is 7.85. The van der Waals surface area contributed by atoms with E-state index in [4.69, 9.17) is 9.47 Å². The molecule has 2 heterocycles. The van der Waals surface area contributed by atoms with Crippen LogP contribution < -0.4 is 9.47 Å². The predicted molar refractivity (Wildman–Crippen MR) is 87.0 cm³/mol. The molecule has 0 unspecified atom stereocenters. The Morgan fingerprint density at radius 2 is 1.87 bits per heavy atom. The molecule has 3 rings (SSSR count). The summed E-state index contributed by atoms with van der Waals surface area (Å²) in [7, 11) is 0. The van der Waals surface area contributed by atoms with E-state index in [2.05, 4.69) is 4.98 Å². The van der Waals surface area contributed by atoms with Crippen LogP contribution in [0.1, 0.15) is 22.8 Å². The molecular formula is C18H20N2O3. The molecule has 0 radical (unpaired) electrons. The van der Waals surface area contributed by atoms with Gasteiger partial charge in [-0.05, 0) is 49.2 Å². The standard InChI is InChI=1S/C18H20N2O3/c1-2-20(10-7-14-5-8-19-9-6-14)18(21)15-3-4-16-17(13-15)23-12-11-22-16/h3-6,8-9,13H,2,7,10-12H2,1H3. The summed E-state index contributed by atoms with van der Waals surface area (Å²) in [4.78, 5) is 18.5. The fourth-order valence-electron chi connectivity index (χ4n) is 2.58. The van der Waals surface area contributed by atoms with Gasteiger partial charge in [0.15, 0.2) is 11.5 Å². The van der Waals surface area contributed by atoms with Gasteiger partial charge in [0.1, 0.15) is 13.2 Å². The topological polar surface area (TPSA) is 51.7 Å². The van der Waals surface area contributed by atoms with Crippen LogP contribution in [0.3, 0.4) is 0 Å². The third-order valence-corrected chi connectivity index (χ3v) is 3.88. The van der Waals surface area contributed by atoms with Gasteiger partial charge in [-0.15, -0.1) is 0 Å². The Balaban J connectivity index is 1.69. The zero-order chi connectivity index (χ0) is 16.1. The van der Waals surface area contributed by atoms with Crippen LogP contribution in [0.15, 0.2) is 42.7 Å². The average Bonchev–Trinajstić information content (AvgIpc) is 2.62. The van der Waals surface area contributed by atoms with Crippen molar-refractivity contribution in [3.63, 3.8) is 0 Å². The summed E-state index contributed by atoms with van der Waals surface area (Å²) in [5, 5.41) is 0. The van der Waals surface area contributed by atoms with E-state index in [1.165, 1.54) is 5.56 Å². The minimum Gasteiger partial charge on any atom is -0.486 e. The molecule has 1 amide bonds. The summed E-state index contributed by atoms with van der Waals surface area (Å²) >= 11 is 0. The lowest BCUT2D eigenvalue weighted by Crippen LogP contribution is -2.32. The quantitative estimate of drug-likeness (QED) is 0.851. The Hall–Kier alpha value is -2.56. The molecule has 0 atom stereocenters. The smallest absolute Gasteiger partial charge is 0.253 e. The third-order valence-electron chi connectivity index (χ3n) is 3.88. The molecule has 0 aliphatic carbocycles. The first kappa shape index (κ1) is 15.3. The van der Waals surface area contributed by atoms with Crippen LogP contribution in [0, 0.1) is 0 Å². The van der Waals surface area contributed by atoms with Gasteiger partial charge in [-0.3, -0.25) is 9.78 Å². The lowest BCUT2D eigenvalue weighted by molar-refractivity contribution is 0.0765. The van der Waals surface area contributed by atoms with Crippen molar-refractivity contribution < 1.29 is 14.3 Å². The van der Waals surface area contributed by atoms with Crippen molar-refractivity contribution in [3.8, 4) is 11.5 Å². The number of pyridine rings is 1. The molecule has 0 saturated carbocycles. The molecular weight excluding hydrogens is 292 g/mol. The molecule has 1 aromatic heterocycles. The van der Waals surface area contributed by atoms with E-state index in [1.807, 2.05) is 24.0 Å². The maximum Gasteiger partial charge on any atom is 0.253 e. The lowest BCUT2D eigenvalue weighted by atomic mass is 10.1. The van der Waals surface area contributed by atoms with Crippen LogP contribution in [-0.4, -0.2) is 42.1 Å². The van der Waals surface area contributed by atoms with Gasteiger partial charge in [0.25, 0.3) is 5.91 Å². The Labute approximate surface area is 135 Å². The number of hydrogen-bond acceptors (Lipinski definition) is 4. The van der Waals surface area contributed by atoms with Gasteiger partial charge in [0.2, 0.25) is 0 Å². The van der Waals surface area contributed by atoms with E-state index in [-0.39, 0.29) is 5.91 Å². The zero-order valence-electron chi connectivity index (χ0n) is 13.2. The number of rotatable bonds is 5. The number of carbonyl (C=O) groups is 1. The van der Waals surface area contributed by atoms with Crippen LogP contribution in [0.5, 0.6) is 11.5 Å². The molecule has 0 bridgehead atoms. The summed E-state index contributed by atoms with van der Waals surface area (Å²) in [6.45, 7) is 4.39. The number of fused-ring (bicyclic) bond motifs is 1. The maximum atomic E-state index is 12.7. The maximum absolute atomic E-state index is 12.7. The van der Waals surface area contributed by atoms with Crippen molar-refractivity contribution in [1.82, 2.24) is 9.88 Å². The number of benzene rings is 1. The van der Waals surface area contributed by atoms with E-state index in [9.17, 15) is 4.79 Å². The van der Waals surface area contributed by atoms with E-state index in [0.29, 0.717) is 43.4 Å². The Morgan fingerprint density at radius 1 is 1.13 bits per heavy atom. The van der Waals surface area contributed by atoms with Gasteiger partial charge < -0.3 is 14.4 Å². The van der Waals surface area contributed by atoms with E-state index < -0.39 is 0 Å². The second-order valence-corrected chi connectivity index (χ2v) is 5.35. The number of likely N-dealkylation sites (N-methyl/N-ethyl adjacent to an activating group) is 1. The molecule has 1 aliphatic rings. The van der Waals surface area contributed by atoms with Crippen LogP contribution in [0.4, 0.5) is 0 Å². The van der Waals surface area contributed by atoms with Crippen molar-refractivity contribution >= 4 is 5.91 Å². The Kier molecular flexibility index (Phi) is 4.76. The van der Waals surface area contributed by atoms with Gasteiger partial charge in [-0.1, -0.05) is 0 Å². The highest BCUT2D eigenvalue weighted by atomic mass is 16.6. The van der Waals surface area contributed by atoms with Crippen LogP contribution in [0.25, 0.3) is 0 Å². The number of nitrogens with zero attached hydrogens (tertiary/aromatic N) is 2. The molecule has 5 nitrogen and oxygen atoms in total. The lowest BCUT2D eigenvalue weighted by Gasteiger charge is -2.23. The molecule has 2 aromatic rings. The molecule has 1 aliphatic heterocycles. The summed E-state index contributed by atoms with van der Waals surface area (Å²) in [5.41, 5.74) is 1.80. The van der Waals surface area contributed by atoms with Gasteiger partial charge in [-0.2, -0.15) is 0 Å². The number of ether oxygens (including phenoxy) is 2. The van der Waals surface area contributed by atoms with Gasteiger partial charge >= 0.3 is 0 Å². The monoisotopic (exact) mass is 312 g/mol. The molecule has 1 aromatic carbocycles. The molecule has 120 valence electrons. The van der Waals surface area contributed by atoms with E-state index in [1.54, 1.807) is 30.6 Å². The predicted octanol–water partition coefficient (Wildman–Crippen LogP) is 2.56. The first-order chi connectivity index (χ1) is 11.3. The van der Waals surface area contributed by atoms with Gasteiger partial charge in [-0.25, -0.2) is 0 Å². The number of aromatic nitrogens is 1. The van der Waals surface area contributed by atoms with Gasteiger partial charge in [0, 0.05) is 31.0 Å². The third kappa shape index (κ3) is 3.62. The summed E-state index contributed by atoms with van der Waals surface area (Å²) in [5.74, 6) is 1.36. The number of amides is 1. The SMILES string of the molecule is CCN(CCc1ccncc1)C(=O)c1ccc2c(c1)OCCO2. The van der Waals surface area contributed by atoms with Gasteiger partial charge in [0.05, 0.1) is 0 Å². The number of hydrogen-bond donors (Lipinski definition) is 0. The second-order valence-electron chi connectivity index (χ2n) is 5.35. The van der Waals surface area contributed by atoms with Crippen molar-refractivity contribution in [3.05, 3.63) is 53.9 Å². The molecule has 5 heteroatoms. The fourth-order valence-corrected chi connectivity index (χ4v) is 2.58. The minimum atomic E-state index is 0.0125. The first-order valence-electron chi connectivity index (χ1n) is 7.85. The van der Waals surface area contributed by atoms with Crippen molar-refractivity contribution in [2.24, 2.45) is 0 Å².